The van der Waals surface area contributed by atoms with Crippen molar-refractivity contribution < 1.29 is 14.3 Å². The molecule has 2 N–H and O–H groups in total. The zero-order valence-corrected chi connectivity index (χ0v) is 10.8. The van der Waals surface area contributed by atoms with Gasteiger partial charge in [0, 0.05) is 13.0 Å². The van der Waals surface area contributed by atoms with Gasteiger partial charge in [-0.05, 0) is 12.8 Å². The van der Waals surface area contributed by atoms with Crippen LogP contribution < -0.4 is 10.1 Å². The Morgan fingerprint density at radius 1 is 1.47 bits per heavy atom. The topological polar surface area (TPSA) is 100 Å². The number of anilines is 1. The minimum Gasteiger partial charge on any atom is -0.466 e. The third-order valence-electron chi connectivity index (χ3n) is 2.91. The van der Waals surface area contributed by atoms with Gasteiger partial charge in [0.15, 0.2) is 0 Å². The van der Waals surface area contributed by atoms with Gasteiger partial charge in [-0.2, -0.15) is 4.98 Å². The molecule has 0 radical (unpaired) electrons. The summed E-state index contributed by atoms with van der Waals surface area (Å²) in [6.45, 7) is 0.674. The molecule has 1 aromatic rings. The molecule has 0 atom stereocenters. The highest BCUT2D eigenvalue weighted by atomic mass is 16.5. The first kappa shape index (κ1) is 13.3. The Balaban J connectivity index is 1.87. The average Bonchev–Trinajstić information content (AvgIpc) is 2.74. The van der Waals surface area contributed by atoms with E-state index < -0.39 is 0 Å². The van der Waals surface area contributed by atoms with Crippen molar-refractivity contribution in [2.45, 2.75) is 25.7 Å². The van der Waals surface area contributed by atoms with E-state index in [1.165, 1.54) is 7.11 Å². The van der Waals surface area contributed by atoms with E-state index in [0.29, 0.717) is 13.0 Å². The largest absolute Gasteiger partial charge is 0.466 e. The molecule has 0 aromatic carbocycles. The number of hydrogen-bond donors (Lipinski definition) is 2. The average molecular weight is 267 g/mol. The molecular formula is C11H17N5O3. The maximum Gasteiger partial charge on any atom is 0.336 e. The van der Waals surface area contributed by atoms with Crippen LogP contribution in [-0.4, -0.2) is 52.1 Å². The summed E-state index contributed by atoms with van der Waals surface area (Å²) >= 11 is 0. The van der Waals surface area contributed by atoms with E-state index in [-0.39, 0.29) is 30.3 Å². The minimum absolute atomic E-state index is 0.0304. The Morgan fingerprint density at radius 2 is 2.32 bits per heavy atom. The second-order valence-corrected chi connectivity index (χ2v) is 4.34. The molecule has 2 heterocycles. The third kappa shape index (κ3) is 3.67. The van der Waals surface area contributed by atoms with Crippen LogP contribution in [0.5, 0.6) is 6.01 Å². The monoisotopic (exact) mass is 267 g/mol. The maximum absolute atomic E-state index is 11.8. The number of aromatic nitrogens is 3. The van der Waals surface area contributed by atoms with Crippen LogP contribution in [0.3, 0.4) is 0 Å². The molecule has 19 heavy (non-hydrogen) atoms. The second-order valence-electron chi connectivity index (χ2n) is 4.34. The van der Waals surface area contributed by atoms with Gasteiger partial charge in [0.2, 0.25) is 17.8 Å². The van der Waals surface area contributed by atoms with Crippen molar-refractivity contribution in [2.24, 2.45) is 0 Å². The molecule has 1 fully saturated rings. The molecule has 0 spiro atoms. The van der Waals surface area contributed by atoms with Gasteiger partial charge in [-0.15, -0.1) is 5.10 Å². The molecule has 2 amide bonds. The van der Waals surface area contributed by atoms with Gasteiger partial charge in [-0.3, -0.25) is 14.9 Å². The van der Waals surface area contributed by atoms with Gasteiger partial charge in [-0.1, -0.05) is 6.42 Å². The highest BCUT2D eigenvalue weighted by Gasteiger charge is 2.19. The van der Waals surface area contributed by atoms with Gasteiger partial charge in [0.1, 0.15) is 0 Å². The Hall–Kier alpha value is -2.12. The number of ether oxygens (including phenoxy) is 1. The summed E-state index contributed by atoms with van der Waals surface area (Å²) in [6.07, 6.45) is 3.39. The van der Waals surface area contributed by atoms with Crippen LogP contribution in [0.15, 0.2) is 0 Å². The predicted molar refractivity (Wildman–Crippen MR) is 66.6 cm³/mol. The molecule has 8 nitrogen and oxygen atoms in total. The fourth-order valence-corrected chi connectivity index (χ4v) is 1.94. The predicted octanol–water partition coefficient (Wildman–Crippen LogP) is 0.154. The van der Waals surface area contributed by atoms with E-state index in [9.17, 15) is 9.59 Å². The van der Waals surface area contributed by atoms with Gasteiger partial charge >= 0.3 is 6.01 Å². The number of rotatable bonds is 4. The number of nitrogens with zero attached hydrogens (tertiary/aromatic N) is 3. The molecule has 8 heteroatoms. The standard InChI is InChI=1S/C11H17N5O3/c1-19-11-13-10(14-15-11)12-8(17)7-16-6-4-2-3-5-9(16)18/h2-7H2,1H3,(H2,12,13,14,15,17). The molecule has 1 saturated heterocycles. The van der Waals surface area contributed by atoms with Crippen LogP contribution in [0.4, 0.5) is 5.95 Å². The first-order valence-electron chi connectivity index (χ1n) is 6.23. The van der Waals surface area contributed by atoms with Crippen LogP contribution in [0.1, 0.15) is 25.7 Å². The summed E-state index contributed by atoms with van der Waals surface area (Å²) < 4.78 is 4.79. The summed E-state index contributed by atoms with van der Waals surface area (Å²) in [4.78, 5) is 29.0. The number of carbonyl (C=O) groups is 2. The summed E-state index contributed by atoms with van der Waals surface area (Å²) in [6, 6.07) is 0.154. The number of methoxy groups -OCH3 is 1. The number of H-pyrrole nitrogens is 1. The van der Waals surface area contributed by atoms with Gasteiger partial charge in [0.25, 0.3) is 0 Å². The lowest BCUT2D eigenvalue weighted by Gasteiger charge is -2.19. The number of carbonyl (C=O) groups excluding carboxylic acids is 2. The highest BCUT2D eigenvalue weighted by molar-refractivity contribution is 5.93. The Labute approximate surface area is 110 Å². The smallest absolute Gasteiger partial charge is 0.336 e. The normalized spacial score (nSPS) is 16.1. The molecule has 0 unspecified atom stereocenters. The molecule has 0 aliphatic carbocycles. The maximum atomic E-state index is 11.8. The van der Waals surface area contributed by atoms with E-state index >= 15 is 0 Å². The number of likely N-dealkylation sites (tertiary alicyclic amines) is 1. The lowest BCUT2D eigenvalue weighted by Crippen LogP contribution is -2.37. The fourth-order valence-electron chi connectivity index (χ4n) is 1.94. The van der Waals surface area contributed by atoms with Crippen LogP contribution in [-0.2, 0) is 9.59 Å². The second kappa shape index (κ2) is 6.17. The van der Waals surface area contributed by atoms with E-state index in [4.69, 9.17) is 4.74 Å². The van der Waals surface area contributed by atoms with Crippen LogP contribution in [0.2, 0.25) is 0 Å². The summed E-state index contributed by atoms with van der Waals surface area (Å²) in [5, 5.41) is 8.78. The summed E-state index contributed by atoms with van der Waals surface area (Å²) in [7, 11) is 1.44. The number of amides is 2. The third-order valence-corrected chi connectivity index (χ3v) is 2.91. The van der Waals surface area contributed by atoms with Crippen molar-refractivity contribution in [1.29, 1.82) is 0 Å². The number of hydrogen-bond acceptors (Lipinski definition) is 5. The number of aromatic amines is 1. The van der Waals surface area contributed by atoms with Gasteiger partial charge < -0.3 is 9.64 Å². The molecule has 2 rings (SSSR count). The fraction of sp³-hybridized carbons (Fsp3) is 0.636. The highest BCUT2D eigenvalue weighted by Crippen LogP contribution is 2.11. The lowest BCUT2D eigenvalue weighted by atomic mass is 10.2. The van der Waals surface area contributed by atoms with Gasteiger partial charge in [-0.25, -0.2) is 5.10 Å². The lowest BCUT2D eigenvalue weighted by molar-refractivity contribution is -0.134. The van der Waals surface area contributed by atoms with E-state index in [0.717, 1.165) is 19.3 Å². The first-order valence-corrected chi connectivity index (χ1v) is 6.23. The van der Waals surface area contributed by atoms with Crippen molar-refractivity contribution in [1.82, 2.24) is 20.1 Å². The van der Waals surface area contributed by atoms with Crippen LogP contribution >= 0.6 is 0 Å². The first-order chi connectivity index (χ1) is 9.19. The SMILES string of the molecule is COc1n[nH]c(NC(=O)CN2CCCCCC2=O)n1. The summed E-state index contributed by atoms with van der Waals surface area (Å²) in [5.74, 6) is -0.0547. The Morgan fingerprint density at radius 3 is 3.05 bits per heavy atom. The number of nitrogens with one attached hydrogen (secondary N) is 2. The molecular weight excluding hydrogens is 250 g/mol. The van der Waals surface area contributed by atoms with E-state index in [1.807, 2.05) is 0 Å². The van der Waals surface area contributed by atoms with Crippen LogP contribution in [0, 0.1) is 0 Å². The zero-order valence-electron chi connectivity index (χ0n) is 10.8. The van der Waals surface area contributed by atoms with Crippen LogP contribution in [0.25, 0.3) is 0 Å². The van der Waals surface area contributed by atoms with Crippen molar-refractivity contribution in [3.05, 3.63) is 0 Å². The molecule has 1 aliphatic rings. The minimum atomic E-state index is -0.297. The van der Waals surface area contributed by atoms with E-state index in [2.05, 4.69) is 20.5 Å². The van der Waals surface area contributed by atoms with Crippen molar-refractivity contribution in [3.63, 3.8) is 0 Å². The van der Waals surface area contributed by atoms with E-state index in [1.54, 1.807) is 4.90 Å². The van der Waals surface area contributed by atoms with Crippen molar-refractivity contribution >= 4 is 17.8 Å². The molecule has 0 bridgehead atoms. The molecule has 104 valence electrons. The van der Waals surface area contributed by atoms with Crippen molar-refractivity contribution in [2.75, 3.05) is 25.5 Å². The Kier molecular flexibility index (Phi) is 4.32. The molecule has 1 aromatic heterocycles. The van der Waals surface area contributed by atoms with Crippen molar-refractivity contribution in [3.8, 4) is 6.01 Å². The molecule has 1 aliphatic heterocycles. The Bertz CT molecular complexity index is 459. The quantitative estimate of drug-likeness (QED) is 0.809. The summed E-state index contributed by atoms with van der Waals surface area (Å²) in [5.41, 5.74) is 0. The zero-order chi connectivity index (χ0) is 13.7. The van der Waals surface area contributed by atoms with Gasteiger partial charge in [0.05, 0.1) is 13.7 Å². The molecule has 0 saturated carbocycles.